The van der Waals surface area contributed by atoms with Crippen molar-refractivity contribution in [1.82, 2.24) is 29.8 Å². The van der Waals surface area contributed by atoms with Crippen molar-refractivity contribution in [2.24, 2.45) is 13.0 Å². The molecule has 0 unspecified atom stereocenters. The molecule has 0 aliphatic carbocycles. The van der Waals surface area contributed by atoms with Crippen LogP contribution in [0.3, 0.4) is 0 Å². The minimum atomic E-state index is -0.581. The van der Waals surface area contributed by atoms with Crippen LogP contribution in [0.5, 0.6) is 0 Å². The van der Waals surface area contributed by atoms with Gasteiger partial charge in [0.2, 0.25) is 11.9 Å². The van der Waals surface area contributed by atoms with Gasteiger partial charge in [0.15, 0.2) is 5.82 Å². The number of nitrogens with zero attached hydrogens (tertiary/aromatic N) is 7. The van der Waals surface area contributed by atoms with Crippen molar-refractivity contribution in [3.63, 3.8) is 0 Å². The molecule has 1 fully saturated rings. The first-order valence-electron chi connectivity index (χ1n) is 10.2. The molecule has 168 valence electrons. The van der Waals surface area contributed by atoms with Crippen LogP contribution in [0, 0.1) is 24.5 Å². The van der Waals surface area contributed by atoms with E-state index in [2.05, 4.69) is 20.1 Å². The quantitative estimate of drug-likeness (QED) is 0.478. The Hall–Kier alpha value is -3.47. The number of aryl methyl sites for hydroxylation is 2. The lowest BCUT2D eigenvalue weighted by Crippen LogP contribution is -2.42. The zero-order valence-corrected chi connectivity index (χ0v) is 17.7. The second kappa shape index (κ2) is 8.95. The summed E-state index contributed by atoms with van der Waals surface area (Å²) in [6, 6.07) is 2.67. The highest BCUT2D eigenvalue weighted by atomic mass is 19.1. The second-order valence-corrected chi connectivity index (χ2v) is 7.76. The van der Waals surface area contributed by atoms with E-state index < -0.39 is 23.5 Å². The molecule has 0 saturated carbocycles. The number of hydroxylamine groups is 2. The van der Waals surface area contributed by atoms with E-state index in [4.69, 9.17) is 0 Å². The van der Waals surface area contributed by atoms with Gasteiger partial charge in [-0.15, -0.1) is 0 Å². The normalized spacial score (nSPS) is 14.6. The summed E-state index contributed by atoms with van der Waals surface area (Å²) < 4.78 is 29.7. The Bertz CT molecular complexity index is 1110. The van der Waals surface area contributed by atoms with Crippen molar-refractivity contribution in [2.75, 3.05) is 18.0 Å². The molecule has 1 N–H and O–H groups in total. The predicted molar refractivity (Wildman–Crippen MR) is 110 cm³/mol. The van der Waals surface area contributed by atoms with E-state index >= 15 is 0 Å². The maximum absolute atomic E-state index is 14.4. The van der Waals surface area contributed by atoms with Crippen LogP contribution in [-0.2, 0) is 18.4 Å². The third-order valence-electron chi connectivity index (χ3n) is 5.59. The number of amides is 1. The molecule has 3 aromatic rings. The van der Waals surface area contributed by atoms with E-state index in [1.54, 1.807) is 17.9 Å². The van der Waals surface area contributed by atoms with Crippen molar-refractivity contribution in [3.05, 3.63) is 53.6 Å². The summed E-state index contributed by atoms with van der Waals surface area (Å²) in [5.74, 6) is -1.67. The third kappa shape index (κ3) is 4.28. The summed E-state index contributed by atoms with van der Waals surface area (Å²) in [6.45, 7) is 2.42. The lowest BCUT2D eigenvalue weighted by Gasteiger charge is -2.32. The summed E-state index contributed by atoms with van der Waals surface area (Å²) in [4.78, 5) is 26.9. The average molecular weight is 443 g/mol. The summed E-state index contributed by atoms with van der Waals surface area (Å²) in [5, 5.41) is 14.8. The Labute approximate surface area is 183 Å². The van der Waals surface area contributed by atoms with E-state index in [-0.39, 0.29) is 17.9 Å². The molecular weight excluding hydrogens is 420 g/mol. The van der Waals surface area contributed by atoms with Crippen LogP contribution in [0.25, 0.3) is 11.4 Å². The number of hydrogen-bond donors (Lipinski definition) is 1. The zero-order valence-electron chi connectivity index (χ0n) is 17.7. The third-order valence-corrected chi connectivity index (χ3v) is 5.59. The molecule has 0 aromatic carbocycles. The molecule has 0 spiro atoms. The summed E-state index contributed by atoms with van der Waals surface area (Å²) in [6.07, 6.45) is 5.07. The molecule has 1 saturated heterocycles. The number of piperidine rings is 1. The Morgan fingerprint density at radius 2 is 1.97 bits per heavy atom. The lowest BCUT2D eigenvalue weighted by atomic mass is 9.96. The molecule has 4 rings (SSSR count). The van der Waals surface area contributed by atoms with E-state index in [0.717, 1.165) is 11.8 Å². The number of hydrogen-bond acceptors (Lipinski definition) is 7. The van der Waals surface area contributed by atoms with E-state index in [9.17, 15) is 18.8 Å². The summed E-state index contributed by atoms with van der Waals surface area (Å²) in [5.41, 5.74) is 1.55. The SMILES string of the molecule is Cc1cnn(C)c1-c1nc(N2CCC(C(=O)N(O)Cc3ncccc3F)CC2)ncc1F. The number of anilines is 1. The van der Waals surface area contributed by atoms with Crippen LogP contribution in [0.15, 0.2) is 30.7 Å². The van der Waals surface area contributed by atoms with Crippen LogP contribution in [0.2, 0.25) is 0 Å². The Morgan fingerprint density at radius 1 is 1.22 bits per heavy atom. The van der Waals surface area contributed by atoms with Crippen molar-refractivity contribution >= 4 is 11.9 Å². The lowest BCUT2D eigenvalue weighted by molar-refractivity contribution is -0.173. The van der Waals surface area contributed by atoms with Crippen molar-refractivity contribution in [3.8, 4) is 11.4 Å². The molecule has 4 heterocycles. The van der Waals surface area contributed by atoms with Crippen molar-refractivity contribution in [2.45, 2.75) is 26.3 Å². The van der Waals surface area contributed by atoms with Gasteiger partial charge in [-0.2, -0.15) is 5.10 Å². The van der Waals surface area contributed by atoms with Crippen LogP contribution in [-0.4, -0.2) is 54.0 Å². The first kappa shape index (κ1) is 21.8. The minimum Gasteiger partial charge on any atom is -0.341 e. The Kier molecular flexibility index (Phi) is 6.08. The maximum Gasteiger partial charge on any atom is 0.249 e. The first-order chi connectivity index (χ1) is 15.3. The van der Waals surface area contributed by atoms with Gasteiger partial charge in [0.1, 0.15) is 11.5 Å². The van der Waals surface area contributed by atoms with Gasteiger partial charge in [-0.25, -0.2) is 23.8 Å². The van der Waals surface area contributed by atoms with Crippen molar-refractivity contribution < 1.29 is 18.8 Å². The number of aromatic nitrogens is 5. The highest BCUT2D eigenvalue weighted by Gasteiger charge is 2.30. The van der Waals surface area contributed by atoms with Gasteiger partial charge in [0.05, 0.1) is 30.3 Å². The molecular formula is C21H23F2N7O2. The number of carbonyl (C=O) groups is 1. The van der Waals surface area contributed by atoms with Gasteiger partial charge < -0.3 is 4.90 Å². The van der Waals surface area contributed by atoms with Crippen molar-refractivity contribution in [1.29, 1.82) is 0 Å². The average Bonchev–Trinajstić information content (AvgIpc) is 3.13. The Balaban J connectivity index is 1.42. The van der Waals surface area contributed by atoms with Crippen LogP contribution >= 0.6 is 0 Å². The highest BCUT2D eigenvalue weighted by molar-refractivity contribution is 5.78. The fourth-order valence-electron chi connectivity index (χ4n) is 3.86. The molecule has 0 atom stereocenters. The van der Waals surface area contributed by atoms with E-state index in [1.807, 2.05) is 11.8 Å². The fourth-order valence-corrected chi connectivity index (χ4v) is 3.86. The number of carbonyl (C=O) groups excluding carboxylic acids is 1. The molecule has 32 heavy (non-hydrogen) atoms. The maximum atomic E-state index is 14.4. The Morgan fingerprint density at radius 3 is 2.62 bits per heavy atom. The van der Waals surface area contributed by atoms with Gasteiger partial charge in [-0.3, -0.25) is 19.7 Å². The van der Waals surface area contributed by atoms with Gasteiger partial charge in [-0.05, 0) is 37.5 Å². The van der Waals surface area contributed by atoms with Gasteiger partial charge in [-0.1, -0.05) is 0 Å². The molecule has 0 radical (unpaired) electrons. The van der Waals surface area contributed by atoms with Crippen LogP contribution in [0.1, 0.15) is 24.1 Å². The standard InChI is InChI=1S/C21H23F2N7O2/c1-13-10-26-28(2)19(13)18-16(23)11-25-21(27-18)29-8-5-14(6-9-29)20(31)30(32)12-17-15(22)4-3-7-24-17/h3-4,7,10-11,14,32H,5-6,8-9,12H2,1-2H3. The smallest absolute Gasteiger partial charge is 0.249 e. The predicted octanol–water partition coefficient (Wildman–Crippen LogP) is 2.49. The van der Waals surface area contributed by atoms with E-state index in [0.29, 0.717) is 42.6 Å². The zero-order chi connectivity index (χ0) is 22.8. The molecule has 3 aromatic heterocycles. The highest BCUT2D eigenvalue weighted by Crippen LogP contribution is 2.27. The monoisotopic (exact) mass is 443 g/mol. The van der Waals surface area contributed by atoms with Gasteiger partial charge in [0.25, 0.3) is 0 Å². The number of pyridine rings is 1. The molecule has 0 bridgehead atoms. The number of halogens is 2. The summed E-state index contributed by atoms with van der Waals surface area (Å²) in [7, 11) is 1.72. The molecule has 1 amide bonds. The van der Waals surface area contributed by atoms with Gasteiger partial charge >= 0.3 is 0 Å². The second-order valence-electron chi connectivity index (χ2n) is 7.76. The largest absolute Gasteiger partial charge is 0.341 e. The minimum absolute atomic E-state index is 0.00140. The number of rotatable bonds is 5. The summed E-state index contributed by atoms with van der Waals surface area (Å²) >= 11 is 0. The molecule has 9 nitrogen and oxygen atoms in total. The topological polar surface area (TPSA) is 100 Å². The van der Waals surface area contributed by atoms with Crippen LogP contribution in [0.4, 0.5) is 14.7 Å². The first-order valence-corrected chi connectivity index (χ1v) is 10.2. The molecule has 1 aliphatic heterocycles. The van der Waals surface area contributed by atoms with Crippen LogP contribution < -0.4 is 4.90 Å². The fraction of sp³-hybridized carbons (Fsp3) is 0.381. The molecule has 1 aliphatic rings. The van der Waals surface area contributed by atoms with E-state index in [1.165, 1.54) is 18.3 Å². The van der Waals surface area contributed by atoms with Gasteiger partial charge in [0, 0.05) is 32.3 Å². The molecule has 11 heteroatoms.